The third-order valence-corrected chi connectivity index (χ3v) is 6.13. The van der Waals surface area contributed by atoms with Gasteiger partial charge in [-0.15, -0.1) is 11.3 Å². The van der Waals surface area contributed by atoms with Crippen LogP contribution in [0.2, 0.25) is 0 Å². The third-order valence-electron chi connectivity index (χ3n) is 4.97. The number of fused-ring (bicyclic) bond motifs is 1. The highest BCUT2D eigenvalue weighted by Crippen LogP contribution is 2.27. The van der Waals surface area contributed by atoms with E-state index in [0.29, 0.717) is 46.2 Å². The van der Waals surface area contributed by atoms with Gasteiger partial charge < -0.3 is 19.4 Å². The van der Waals surface area contributed by atoms with Gasteiger partial charge in [0.15, 0.2) is 5.82 Å². The normalized spacial score (nSPS) is 19.5. The van der Waals surface area contributed by atoms with Crippen LogP contribution in [0.15, 0.2) is 4.79 Å². The van der Waals surface area contributed by atoms with Gasteiger partial charge in [0, 0.05) is 0 Å². The van der Waals surface area contributed by atoms with Gasteiger partial charge in [0.05, 0.1) is 31.7 Å². The molecule has 1 aliphatic rings. The summed E-state index contributed by atoms with van der Waals surface area (Å²) in [5.74, 6) is -0.125. The number of hydrogen-bond donors (Lipinski definition) is 2. The molecule has 2 atom stereocenters. The Balaban J connectivity index is 1.81. The van der Waals surface area contributed by atoms with Gasteiger partial charge >= 0.3 is 11.9 Å². The van der Waals surface area contributed by atoms with E-state index in [-0.39, 0.29) is 24.1 Å². The molecule has 2 aromatic heterocycles. The van der Waals surface area contributed by atoms with Crippen molar-refractivity contribution in [2.24, 2.45) is 5.92 Å². The number of aromatic amines is 1. The van der Waals surface area contributed by atoms with Crippen LogP contribution in [0.5, 0.6) is 0 Å². The molecule has 9 heteroatoms. The maximum atomic E-state index is 12.6. The minimum Gasteiger partial charge on any atom is -0.466 e. The number of rotatable bonds is 6. The maximum Gasteiger partial charge on any atom is 0.348 e. The summed E-state index contributed by atoms with van der Waals surface area (Å²) in [5.41, 5.74) is 0.356. The van der Waals surface area contributed by atoms with Crippen LogP contribution in [0.4, 0.5) is 0 Å². The molecule has 3 rings (SSSR count). The van der Waals surface area contributed by atoms with Crippen LogP contribution in [0, 0.1) is 12.8 Å². The van der Waals surface area contributed by atoms with Crippen molar-refractivity contribution < 1.29 is 24.0 Å². The molecule has 0 aromatic carbocycles. The molecule has 2 aromatic rings. The lowest BCUT2D eigenvalue weighted by atomic mass is 9.98. The Morgan fingerprint density at radius 3 is 2.75 bits per heavy atom. The van der Waals surface area contributed by atoms with E-state index in [9.17, 15) is 14.4 Å². The van der Waals surface area contributed by atoms with Crippen LogP contribution < -0.4 is 10.5 Å². The largest absolute Gasteiger partial charge is 0.466 e. The summed E-state index contributed by atoms with van der Waals surface area (Å²) in [7, 11) is 0. The van der Waals surface area contributed by atoms with Crippen molar-refractivity contribution in [3.63, 3.8) is 0 Å². The zero-order valence-corrected chi connectivity index (χ0v) is 17.2. The van der Waals surface area contributed by atoms with E-state index in [0.717, 1.165) is 19.4 Å². The Hall–Kier alpha value is -2.26. The number of aryl methyl sites for hydroxylation is 1. The summed E-state index contributed by atoms with van der Waals surface area (Å²) in [6.07, 6.45) is 1.76. The first-order chi connectivity index (χ1) is 13.4. The van der Waals surface area contributed by atoms with Gasteiger partial charge in [-0.05, 0) is 39.2 Å². The predicted molar refractivity (Wildman–Crippen MR) is 105 cm³/mol. The monoisotopic (exact) mass is 408 g/mol. The summed E-state index contributed by atoms with van der Waals surface area (Å²) in [4.78, 5) is 46.3. The molecule has 0 spiro atoms. The second-order valence-electron chi connectivity index (χ2n) is 6.94. The maximum absolute atomic E-state index is 12.6. The quantitative estimate of drug-likeness (QED) is 0.687. The number of piperidine rings is 1. The molecular formula is C19H26N3O5S+. The molecule has 3 heterocycles. The minimum absolute atomic E-state index is 0.112. The number of aromatic nitrogens is 2. The summed E-state index contributed by atoms with van der Waals surface area (Å²) in [6.45, 7) is 8.05. The van der Waals surface area contributed by atoms with Crippen molar-refractivity contribution in [2.75, 3.05) is 26.3 Å². The van der Waals surface area contributed by atoms with Crippen molar-refractivity contribution in [3.05, 3.63) is 26.6 Å². The molecule has 2 N–H and O–H groups in total. The number of carbonyl (C=O) groups excluding carboxylic acids is 2. The molecule has 0 bridgehead atoms. The molecule has 8 nitrogen and oxygen atoms in total. The lowest BCUT2D eigenvalue weighted by molar-refractivity contribution is -0.921. The second-order valence-corrected chi connectivity index (χ2v) is 7.94. The molecule has 1 unspecified atom stereocenters. The number of thiophene rings is 1. The molecule has 28 heavy (non-hydrogen) atoms. The Morgan fingerprint density at radius 2 is 2.04 bits per heavy atom. The number of H-pyrrole nitrogens is 1. The smallest absolute Gasteiger partial charge is 0.348 e. The number of likely N-dealkylation sites (tertiary alicyclic amines) is 1. The van der Waals surface area contributed by atoms with Crippen LogP contribution >= 0.6 is 11.3 Å². The molecule has 0 aliphatic carbocycles. The van der Waals surface area contributed by atoms with Crippen molar-refractivity contribution >= 4 is 33.5 Å². The fraction of sp³-hybridized carbons (Fsp3) is 0.579. The molecule has 0 amide bonds. The van der Waals surface area contributed by atoms with E-state index in [4.69, 9.17) is 9.47 Å². The van der Waals surface area contributed by atoms with E-state index in [1.165, 1.54) is 16.2 Å². The lowest BCUT2D eigenvalue weighted by Gasteiger charge is -2.28. The van der Waals surface area contributed by atoms with Gasteiger partial charge in [-0.3, -0.25) is 9.59 Å². The number of nitrogens with zero attached hydrogens (tertiary/aromatic N) is 1. The molecular weight excluding hydrogens is 382 g/mol. The molecule has 0 saturated carbocycles. The van der Waals surface area contributed by atoms with Gasteiger partial charge in [-0.1, -0.05) is 0 Å². The highest BCUT2D eigenvalue weighted by molar-refractivity contribution is 7.20. The first kappa shape index (κ1) is 20.5. The highest BCUT2D eigenvalue weighted by Gasteiger charge is 2.30. The molecule has 0 radical (unpaired) electrons. The molecule has 1 aliphatic heterocycles. The van der Waals surface area contributed by atoms with Crippen molar-refractivity contribution in [2.45, 2.75) is 40.2 Å². The standard InChI is InChI=1S/C19H25N3O5S/c1-4-26-18(24)12-7-6-8-22(9-12)10-13-20-16(23)14-11(3)15(19(25)27-5-2)28-17(14)21-13/h12H,4-10H2,1-3H3,(H,20,21,23)/p+1/t12-/m0/s1. The number of ether oxygens (including phenoxy) is 2. The Labute approximate surface area is 166 Å². The van der Waals surface area contributed by atoms with E-state index < -0.39 is 5.97 Å². The molecule has 152 valence electrons. The number of quaternary nitrogens is 1. The van der Waals surface area contributed by atoms with Gasteiger partial charge in [-0.2, -0.15) is 0 Å². The Bertz CT molecular complexity index is 936. The average molecular weight is 409 g/mol. The minimum atomic E-state index is -0.428. The van der Waals surface area contributed by atoms with Crippen LogP contribution in [0.1, 0.15) is 47.7 Å². The fourth-order valence-corrected chi connectivity index (χ4v) is 4.77. The fourth-order valence-electron chi connectivity index (χ4n) is 3.67. The Morgan fingerprint density at radius 1 is 1.29 bits per heavy atom. The van der Waals surface area contributed by atoms with Gasteiger partial charge in [0.1, 0.15) is 22.2 Å². The second kappa shape index (κ2) is 8.83. The zero-order chi connectivity index (χ0) is 20.3. The van der Waals surface area contributed by atoms with E-state index in [2.05, 4.69) is 9.97 Å². The van der Waals surface area contributed by atoms with E-state index in [1.54, 1.807) is 13.8 Å². The number of hydrogen-bond acceptors (Lipinski definition) is 7. The predicted octanol–water partition coefficient (Wildman–Crippen LogP) is 0.828. The highest BCUT2D eigenvalue weighted by atomic mass is 32.1. The van der Waals surface area contributed by atoms with Crippen LogP contribution in [-0.4, -0.2) is 48.2 Å². The third kappa shape index (κ3) is 4.25. The molecule has 1 saturated heterocycles. The van der Waals surface area contributed by atoms with Gasteiger partial charge in [-0.25, -0.2) is 9.78 Å². The van der Waals surface area contributed by atoms with Crippen LogP contribution in [-0.2, 0) is 20.8 Å². The van der Waals surface area contributed by atoms with Crippen molar-refractivity contribution in [3.8, 4) is 0 Å². The zero-order valence-electron chi connectivity index (χ0n) is 16.4. The SMILES string of the molecule is CCOC(=O)c1sc2nc(C[NH+]3CCC[C@H](C(=O)OCC)C3)[nH]c(=O)c2c1C. The molecule has 1 fully saturated rings. The average Bonchev–Trinajstić information content (AvgIpc) is 2.99. The first-order valence-electron chi connectivity index (χ1n) is 9.64. The van der Waals surface area contributed by atoms with Gasteiger partial charge in [0.2, 0.25) is 0 Å². The van der Waals surface area contributed by atoms with Gasteiger partial charge in [0.25, 0.3) is 5.56 Å². The topological polar surface area (TPSA) is 103 Å². The first-order valence-corrected chi connectivity index (χ1v) is 10.5. The van der Waals surface area contributed by atoms with Crippen LogP contribution in [0.25, 0.3) is 10.2 Å². The van der Waals surface area contributed by atoms with Crippen molar-refractivity contribution in [1.82, 2.24) is 9.97 Å². The lowest BCUT2D eigenvalue weighted by Crippen LogP contribution is -3.12. The number of carbonyl (C=O) groups is 2. The number of esters is 2. The van der Waals surface area contributed by atoms with E-state index >= 15 is 0 Å². The summed E-state index contributed by atoms with van der Waals surface area (Å²) in [6, 6.07) is 0. The number of nitrogens with one attached hydrogen (secondary N) is 2. The summed E-state index contributed by atoms with van der Waals surface area (Å²) in [5, 5.41) is 0.440. The Kier molecular flexibility index (Phi) is 6.46. The van der Waals surface area contributed by atoms with Crippen LogP contribution in [0.3, 0.4) is 0 Å². The van der Waals surface area contributed by atoms with Crippen molar-refractivity contribution in [1.29, 1.82) is 0 Å². The van der Waals surface area contributed by atoms with E-state index in [1.807, 2.05) is 6.92 Å². The summed E-state index contributed by atoms with van der Waals surface area (Å²) >= 11 is 1.19. The summed E-state index contributed by atoms with van der Waals surface area (Å²) < 4.78 is 10.2.